The Bertz CT molecular complexity index is 624. The van der Waals surface area contributed by atoms with Gasteiger partial charge in [-0.15, -0.1) is 0 Å². The summed E-state index contributed by atoms with van der Waals surface area (Å²) in [5.74, 6) is -0.730. The maximum Gasteiger partial charge on any atom is 0.336 e. The van der Waals surface area contributed by atoms with Gasteiger partial charge in [0.15, 0.2) is 0 Å². The number of hydrogen-bond acceptors (Lipinski definition) is 3. The number of allylic oxidation sites excluding steroid dienone is 1. The van der Waals surface area contributed by atoms with E-state index in [1.165, 1.54) is 0 Å². The van der Waals surface area contributed by atoms with Crippen LogP contribution in [0.25, 0.3) is 0 Å². The van der Waals surface area contributed by atoms with E-state index < -0.39 is 0 Å². The molecule has 1 heterocycles. The van der Waals surface area contributed by atoms with Gasteiger partial charge >= 0.3 is 5.97 Å². The maximum atomic E-state index is 12.5. The Morgan fingerprint density at radius 3 is 2.77 bits per heavy atom. The van der Waals surface area contributed by atoms with Gasteiger partial charge in [0, 0.05) is 22.5 Å². The molecule has 118 valence electrons. The van der Waals surface area contributed by atoms with Crippen LogP contribution in [0.4, 0.5) is 0 Å². The van der Waals surface area contributed by atoms with Gasteiger partial charge in [0.05, 0.1) is 11.7 Å². The van der Waals surface area contributed by atoms with E-state index in [0.29, 0.717) is 11.3 Å². The fourth-order valence-corrected chi connectivity index (χ4v) is 3.09. The maximum absolute atomic E-state index is 12.5. The predicted octanol–water partition coefficient (Wildman–Crippen LogP) is 3.67. The zero-order valence-corrected chi connectivity index (χ0v) is 14.6. The van der Waals surface area contributed by atoms with Crippen molar-refractivity contribution in [1.82, 2.24) is 5.32 Å². The second-order valence-electron chi connectivity index (χ2n) is 5.49. The highest BCUT2D eigenvalue weighted by atomic mass is 79.9. The van der Waals surface area contributed by atoms with Gasteiger partial charge in [0.1, 0.15) is 0 Å². The van der Waals surface area contributed by atoms with Crippen LogP contribution in [0.15, 0.2) is 40.0 Å². The summed E-state index contributed by atoms with van der Waals surface area (Å²) in [6, 6.07) is 7.65. The van der Waals surface area contributed by atoms with E-state index in [2.05, 4.69) is 21.2 Å². The first-order chi connectivity index (χ1) is 10.4. The fourth-order valence-electron chi connectivity index (χ4n) is 2.52. The van der Waals surface area contributed by atoms with Crippen LogP contribution >= 0.6 is 15.9 Å². The first-order valence-electron chi connectivity index (χ1n) is 7.40. The molecule has 0 fully saturated rings. The van der Waals surface area contributed by atoms with Gasteiger partial charge in [-0.2, -0.15) is 0 Å². The Morgan fingerprint density at radius 2 is 2.14 bits per heavy atom. The molecule has 2 atom stereocenters. The highest BCUT2D eigenvalue weighted by molar-refractivity contribution is 9.10. The van der Waals surface area contributed by atoms with Gasteiger partial charge in [-0.3, -0.25) is 4.79 Å². The lowest BCUT2D eigenvalue weighted by Gasteiger charge is -2.28. The van der Waals surface area contributed by atoms with Gasteiger partial charge in [0.25, 0.3) is 0 Å². The molecule has 0 saturated carbocycles. The van der Waals surface area contributed by atoms with E-state index in [1.54, 1.807) is 6.92 Å². The normalized spacial score (nSPS) is 19.6. The molecule has 4 nitrogen and oxygen atoms in total. The average molecular weight is 366 g/mol. The van der Waals surface area contributed by atoms with Crippen LogP contribution in [-0.2, 0) is 14.3 Å². The van der Waals surface area contributed by atoms with Crippen molar-refractivity contribution < 1.29 is 14.3 Å². The highest BCUT2D eigenvalue weighted by Gasteiger charge is 2.34. The average Bonchev–Trinajstić information content (AvgIpc) is 2.46. The highest BCUT2D eigenvalue weighted by Crippen LogP contribution is 2.37. The topological polar surface area (TPSA) is 55.4 Å². The number of esters is 1. The molecular weight excluding hydrogens is 346 g/mol. The van der Waals surface area contributed by atoms with E-state index in [-0.39, 0.29) is 30.3 Å². The Labute approximate surface area is 139 Å². The van der Waals surface area contributed by atoms with Crippen LogP contribution in [-0.4, -0.2) is 18.0 Å². The molecule has 1 aliphatic heterocycles. The third kappa shape index (κ3) is 3.58. The molecule has 2 rings (SSSR count). The molecular formula is C17H20BrNO3. The number of rotatable bonds is 4. The molecule has 1 N–H and O–H groups in total. The molecule has 0 spiro atoms. The van der Waals surface area contributed by atoms with Crippen molar-refractivity contribution in [2.24, 2.45) is 0 Å². The van der Waals surface area contributed by atoms with Crippen molar-refractivity contribution in [3.05, 3.63) is 45.6 Å². The van der Waals surface area contributed by atoms with Gasteiger partial charge in [-0.1, -0.05) is 41.1 Å². The van der Waals surface area contributed by atoms with Crippen LogP contribution in [0.5, 0.6) is 0 Å². The summed E-state index contributed by atoms with van der Waals surface area (Å²) in [5.41, 5.74) is 2.03. The number of halogens is 1. The summed E-state index contributed by atoms with van der Waals surface area (Å²) in [7, 11) is 0. The number of nitrogens with one attached hydrogen (secondary N) is 1. The number of amides is 1. The number of carbonyl (C=O) groups is 2. The molecule has 1 aromatic carbocycles. The zero-order chi connectivity index (χ0) is 16.3. The number of ether oxygens (including phenoxy) is 1. The molecule has 1 amide bonds. The smallest absolute Gasteiger partial charge is 0.336 e. The van der Waals surface area contributed by atoms with E-state index in [9.17, 15) is 9.59 Å². The number of hydrogen-bond donors (Lipinski definition) is 1. The summed E-state index contributed by atoms with van der Waals surface area (Å²) in [6.45, 7) is 5.57. The van der Waals surface area contributed by atoms with Gasteiger partial charge in [-0.25, -0.2) is 4.79 Å². The Kier molecular flexibility index (Phi) is 5.40. The van der Waals surface area contributed by atoms with Crippen molar-refractivity contribution in [3.63, 3.8) is 0 Å². The molecule has 0 saturated heterocycles. The SMILES string of the molecule is CC[C@@H](C)OC(=O)C1=C(C)NC(=O)C[C@H]1c1ccccc1Br. The fraction of sp³-hybridized carbons (Fsp3) is 0.412. The van der Waals surface area contributed by atoms with E-state index in [1.807, 2.05) is 38.1 Å². The van der Waals surface area contributed by atoms with E-state index in [0.717, 1.165) is 16.5 Å². The van der Waals surface area contributed by atoms with Gasteiger partial charge in [0.2, 0.25) is 5.91 Å². The molecule has 1 aliphatic rings. The van der Waals surface area contributed by atoms with Crippen LogP contribution < -0.4 is 5.32 Å². The molecule has 22 heavy (non-hydrogen) atoms. The monoisotopic (exact) mass is 365 g/mol. The zero-order valence-electron chi connectivity index (χ0n) is 13.0. The molecule has 0 bridgehead atoms. The summed E-state index contributed by atoms with van der Waals surface area (Å²) in [5, 5.41) is 2.75. The predicted molar refractivity (Wildman–Crippen MR) is 88.2 cm³/mol. The molecule has 0 unspecified atom stereocenters. The van der Waals surface area contributed by atoms with Crippen LogP contribution in [0.1, 0.15) is 45.1 Å². The van der Waals surface area contributed by atoms with Crippen molar-refractivity contribution in [1.29, 1.82) is 0 Å². The summed E-state index contributed by atoms with van der Waals surface area (Å²) < 4.78 is 6.36. The third-order valence-corrected chi connectivity index (χ3v) is 4.57. The molecule has 0 aliphatic carbocycles. The Hall–Kier alpha value is -1.62. The molecule has 1 aromatic rings. The molecule has 0 radical (unpaired) electrons. The largest absolute Gasteiger partial charge is 0.459 e. The van der Waals surface area contributed by atoms with Gasteiger partial charge in [-0.05, 0) is 31.9 Å². The van der Waals surface area contributed by atoms with Crippen LogP contribution in [0.2, 0.25) is 0 Å². The summed E-state index contributed by atoms with van der Waals surface area (Å²) in [6.07, 6.45) is 0.847. The number of carbonyl (C=O) groups excluding carboxylic acids is 2. The quantitative estimate of drug-likeness (QED) is 0.828. The lowest BCUT2D eigenvalue weighted by Crippen LogP contribution is -2.35. The van der Waals surface area contributed by atoms with Crippen LogP contribution in [0, 0.1) is 0 Å². The third-order valence-electron chi connectivity index (χ3n) is 3.85. The minimum atomic E-state index is -0.354. The minimum Gasteiger partial charge on any atom is -0.459 e. The molecule has 5 heteroatoms. The first-order valence-corrected chi connectivity index (χ1v) is 8.19. The summed E-state index contributed by atoms with van der Waals surface area (Å²) in [4.78, 5) is 24.4. The van der Waals surface area contributed by atoms with E-state index in [4.69, 9.17) is 4.74 Å². The van der Waals surface area contributed by atoms with E-state index >= 15 is 0 Å². The van der Waals surface area contributed by atoms with Crippen LogP contribution in [0.3, 0.4) is 0 Å². The second-order valence-corrected chi connectivity index (χ2v) is 6.34. The lowest BCUT2D eigenvalue weighted by molar-refractivity contribution is -0.144. The van der Waals surface area contributed by atoms with Crippen molar-refractivity contribution >= 4 is 27.8 Å². The second kappa shape index (κ2) is 7.09. The van der Waals surface area contributed by atoms with Crippen molar-refractivity contribution in [3.8, 4) is 0 Å². The molecule has 0 aromatic heterocycles. The van der Waals surface area contributed by atoms with Crippen molar-refractivity contribution in [2.45, 2.75) is 45.6 Å². The van der Waals surface area contributed by atoms with Crippen molar-refractivity contribution in [2.75, 3.05) is 0 Å². The van der Waals surface area contributed by atoms with Gasteiger partial charge < -0.3 is 10.1 Å². The lowest BCUT2D eigenvalue weighted by atomic mass is 9.84. The minimum absolute atomic E-state index is 0.0849. The summed E-state index contributed by atoms with van der Waals surface area (Å²) >= 11 is 3.51. The first kappa shape index (κ1) is 16.7. The number of benzene rings is 1. The Balaban J connectivity index is 2.41. The standard InChI is InChI=1S/C17H20BrNO3/c1-4-10(2)22-17(21)16-11(3)19-15(20)9-13(16)12-7-5-6-8-14(12)18/h5-8,10,13H,4,9H2,1-3H3,(H,19,20)/t10-,13+/m1/s1. The Morgan fingerprint density at radius 1 is 1.45 bits per heavy atom.